The van der Waals surface area contributed by atoms with Gasteiger partial charge in [0.1, 0.15) is 12.4 Å². The molecule has 0 N–H and O–H groups in total. The molecule has 1 fully saturated rings. The number of hydrogen-bond acceptors (Lipinski definition) is 6. The number of ether oxygens (including phenoxy) is 2. The van der Waals surface area contributed by atoms with Crippen LogP contribution >= 0.6 is 0 Å². The molecular formula is C18H25N5O3. The minimum absolute atomic E-state index is 0.0160. The van der Waals surface area contributed by atoms with Gasteiger partial charge in [-0.05, 0) is 62.4 Å². The monoisotopic (exact) mass is 359 g/mol. The average Bonchev–Trinajstić information content (AvgIpc) is 3.08. The average molecular weight is 359 g/mol. The molecule has 3 rings (SSSR count). The Labute approximate surface area is 153 Å². The van der Waals surface area contributed by atoms with Gasteiger partial charge in [-0.15, -0.1) is 5.10 Å². The maximum atomic E-state index is 12.7. The van der Waals surface area contributed by atoms with Crippen LogP contribution in [0.5, 0.6) is 5.75 Å². The summed E-state index contributed by atoms with van der Waals surface area (Å²) in [4.78, 5) is 14.5. The molecule has 0 bridgehead atoms. The highest BCUT2D eigenvalue weighted by Crippen LogP contribution is 2.18. The van der Waals surface area contributed by atoms with Crippen molar-refractivity contribution in [3.63, 3.8) is 0 Å². The maximum Gasteiger partial charge on any atom is 0.254 e. The van der Waals surface area contributed by atoms with Crippen LogP contribution in [-0.2, 0) is 11.3 Å². The van der Waals surface area contributed by atoms with E-state index in [1.807, 2.05) is 32.6 Å². The van der Waals surface area contributed by atoms with E-state index >= 15 is 0 Å². The second-order valence-corrected chi connectivity index (χ2v) is 6.91. The fraction of sp³-hybridized carbons (Fsp3) is 0.556. The van der Waals surface area contributed by atoms with Crippen molar-refractivity contribution in [1.82, 2.24) is 25.1 Å². The van der Waals surface area contributed by atoms with Gasteiger partial charge >= 0.3 is 0 Å². The smallest absolute Gasteiger partial charge is 0.254 e. The molecular weight excluding hydrogens is 334 g/mol. The molecule has 2 heterocycles. The first-order valence-corrected chi connectivity index (χ1v) is 8.88. The molecule has 1 amide bonds. The van der Waals surface area contributed by atoms with Gasteiger partial charge in [-0.2, -0.15) is 0 Å². The zero-order chi connectivity index (χ0) is 18.7. The van der Waals surface area contributed by atoms with Crippen molar-refractivity contribution in [2.75, 3.05) is 13.1 Å². The van der Waals surface area contributed by atoms with Crippen LogP contribution in [0.25, 0.3) is 0 Å². The number of rotatable bonds is 5. The van der Waals surface area contributed by atoms with Crippen LogP contribution in [0.1, 0.15) is 49.9 Å². The fourth-order valence-electron chi connectivity index (χ4n) is 3.08. The van der Waals surface area contributed by atoms with Crippen molar-refractivity contribution >= 4 is 5.91 Å². The topological polar surface area (TPSA) is 82.4 Å². The summed E-state index contributed by atoms with van der Waals surface area (Å²) >= 11 is 0. The summed E-state index contributed by atoms with van der Waals surface area (Å²) in [6, 6.07) is 7.33. The molecule has 1 aliphatic heterocycles. The zero-order valence-corrected chi connectivity index (χ0v) is 15.6. The van der Waals surface area contributed by atoms with Crippen LogP contribution < -0.4 is 4.74 Å². The quantitative estimate of drug-likeness (QED) is 0.813. The van der Waals surface area contributed by atoms with E-state index in [0.717, 1.165) is 0 Å². The van der Waals surface area contributed by atoms with Gasteiger partial charge in [-0.3, -0.25) is 4.79 Å². The highest BCUT2D eigenvalue weighted by atomic mass is 16.5. The van der Waals surface area contributed by atoms with Crippen molar-refractivity contribution in [3.8, 4) is 5.75 Å². The van der Waals surface area contributed by atoms with Gasteiger partial charge in [-0.1, -0.05) is 0 Å². The number of benzene rings is 1. The van der Waals surface area contributed by atoms with E-state index in [2.05, 4.69) is 15.5 Å². The Hall–Kier alpha value is -2.48. The first-order valence-electron chi connectivity index (χ1n) is 8.88. The minimum Gasteiger partial charge on any atom is -0.486 e. The lowest BCUT2D eigenvalue weighted by atomic mass is 10.1. The number of amides is 1. The Morgan fingerprint density at radius 2 is 1.88 bits per heavy atom. The predicted molar refractivity (Wildman–Crippen MR) is 94.9 cm³/mol. The number of nitrogens with zero attached hydrogens (tertiary/aromatic N) is 5. The number of tetrazole rings is 1. The van der Waals surface area contributed by atoms with Gasteiger partial charge in [0.2, 0.25) is 0 Å². The molecule has 2 aromatic rings. The second-order valence-electron chi connectivity index (χ2n) is 6.91. The summed E-state index contributed by atoms with van der Waals surface area (Å²) in [6.45, 7) is 9.48. The summed E-state index contributed by atoms with van der Waals surface area (Å²) in [7, 11) is 0. The molecule has 0 saturated carbocycles. The second kappa shape index (κ2) is 7.82. The number of aromatic nitrogens is 4. The third-order valence-electron chi connectivity index (χ3n) is 4.23. The Kier molecular flexibility index (Phi) is 5.51. The van der Waals surface area contributed by atoms with E-state index in [9.17, 15) is 4.79 Å². The van der Waals surface area contributed by atoms with Crippen molar-refractivity contribution in [2.24, 2.45) is 0 Å². The number of carbonyl (C=O) groups is 1. The van der Waals surface area contributed by atoms with Crippen LogP contribution in [-0.4, -0.2) is 56.3 Å². The maximum absolute atomic E-state index is 12.7. The normalized spacial score (nSPS) is 20.4. The van der Waals surface area contributed by atoms with Gasteiger partial charge in [0.15, 0.2) is 5.82 Å². The van der Waals surface area contributed by atoms with Gasteiger partial charge in [0, 0.05) is 18.7 Å². The van der Waals surface area contributed by atoms with E-state index in [1.165, 1.54) is 0 Å². The van der Waals surface area contributed by atoms with Crippen LogP contribution in [0.15, 0.2) is 24.3 Å². The molecule has 1 aromatic carbocycles. The molecule has 140 valence electrons. The summed E-state index contributed by atoms with van der Waals surface area (Å²) in [5, 5.41) is 11.6. The number of morpholine rings is 1. The summed E-state index contributed by atoms with van der Waals surface area (Å²) < 4.78 is 13.2. The number of hydrogen-bond donors (Lipinski definition) is 0. The molecule has 1 saturated heterocycles. The molecule has 8 heteroatoms. The van der Waals surface area contributed by atoms with Crippen LogP contribution in [0.3, 0.4) is 0 Å². The lowest BCUT2D eigenvalue weighted by Gasteiger charge is -2.35. The predicted octanol–water partition coefficient (Wildman–Crippen LogP) is 2.08. The summed E-state index contributed by atoms with van der Waals surface area (Å²) in [5.74, 6) is 1.35. The van der Waals surface area contributed by atoms with E-state index < -0.39 is 0 Å². The van der Waals surface area contributed by atoms with Crippen LogP contribution in [0, 0.1) is 0 Å². The molecule has 0 spiro atoms. The molecule has 2 atom stereocenters. The fourth-order valence-corrected chi connectivity index (χ4v) is 3.08. The van der Waals surface area contributed by atoms with Gasteiger partial charge in [0.05, 0.1) is 18.2 Å². The Morgan fingerprint density at radius 1 is 1.23 bits per heavy atom. The van der Waals surface area contributed by atoms with E-state index in [0.29, 0.717) is 30.2 Å². The molecule has 26 heavy (non-hydrogen) atoms. The molecule has 0 radical (unpaired) electrons. The Bertz CT molecular complexity index is 734. The lowest BCUT2D eigenvalue weighted by molar-refractivity contribution is -0.0586. The summed E-state index contributed by atoms with van der Waals surface area (Å²) in [5.41, 5.74) is 0.644. The molecule has 1 aliphatic rings. The zero-order valence-electron chi connectivity index (χ0n) is 15.6. The summed E-state index contributed by atoms with van der Waals surface area (Å²) in [6.07, 6.45) is 0.106. The minimum atomic E-state index is 0.0160. The van der Waals surface area contributed by atoms with Crippen LogP contribution in [0.2, 0.25) is 0 Å². The molecule has 8 nitrogen and oxygen atoms in total. The molecule has 1 aromatic heterocycles. The first-order chi connectivity index (χ1) is 12.4. The SMILES string of the molecule is CC1CN(C(=O)c2ccc(OCc3nnnn3C(C)C)cc2)CC(C)O1. The Balaban J connectivity index is 1.61. The van der Waals surface area contributed by atoms with E-state index in [-0.39, 0.29) is 30.8 Å². The Morgan fingerprint density at radius 3 is 2.50 bits per heavy atom. The standard InChI is InChI=1S/C18H25N5O3/c1-12(2)23-17(19-20-21-23)11-25-16-7-5-15(6-8-16)18(24)22-9-13(3)26-14(4)10-22/h5-8,12-14H,9-11H2,1-4H3. The van der Waals surface area contributed by atoms with Crippen molar-refractivity contribution in [1.29, 1.82) is 0 Å². The van der Waals surface area contributed by atoms with E-state index in [1.54, 1.807) is 28.9 Å². The van der Waals surface area contributed by atoms with Crippen LogP contribution in [0.4, 0.5) is 0 Å². The highest BCUT2D eigenvalue weighted by Gasteiger charge is 2.26. The first kappa shape index (κ1) is 18.3. The van der Waals surface area contributed by atoms with Crippen molar-refractivity contribution < 1.29 is 14.3 Å². The van der Waals surface area contributed by atoms with Gasteiger partial charge in [-0.25, -0.2) is 4.68 Å². The molecule has 0 aliphatic carbocycles. The third-order valence-corrected chi connectivity index (χ3v) is 4.23. The van der Waals surface area contributed by atoms with Crippen molar-refractivity contribution in [3.05, 3.63) is 35.7 Å². The highest BCUT2D eigenvalue weighted by molar-refractivity contribution is 5.94. The largest absolute Gasteiger partial charge is 0.486 e. The molecule has 2 unspecified atom stereocenters. The van der Waals surface area contributed by atoms with Gasteiger partial charge < -0.3 is 14.4 Å². The lowest BCUT2D eigenvalue weighted by Crippen LogP contribution is -2.48. The number of carbonyl (C=O) groups excluding carboxylic acids is 1. The van der Waals surface area contributed by atoms with E-state index in [4.69, 9.17) is 9.47 Å². The van der Waals surface area contributed by atoms with Crippen molar-refractivity contribution in [2.45, 2.75) is 52.6 Å². The third kappa shape index (κ3) is 4.19. The van der Waals surface area contributed by atoms with Gasteiger partial charge in [0.25, 0.3) is 5.91 Å².